The molecule has 1 atom stereocenters. The van der Waals surface area contributed by atoms with Gasteiger partial charge in [-0.15, -0.1) is 0 Å². The number of ketones is 1. The van der Waals surface area contributed by atoms with Crippen molar-refractivity contribution in [1.82, 2.24) is 9.78 Å². The van der Waals surface area contributed by atoms with Gasteiger partial charge >= 0.3 is 0 Å². The molecule has 1 aliphatic heterocycles. The number of nitrogens with two attached hydrogens (primary N) is 1. The van der Waals surface area contributed by atoms with Gasteiger partial charge in [-0.25, -0.2) is 4.39 Å². The van der Waals surface area contributed by atoms with E-state index in [1.807, 2.05) is 13.0 Å². The van der Waals surface area contributed by atoms with Crippen LogP contribution >= 0.6 is 11.3 Å². The molecule has 0 saturated carbocycles. The van der Waals surface area contributed by atoms with Gasteiger partial charge in [-0.05, 0) is 55.1 Å². The van der Waals surface area contributed by atoms with E-state index in [0.717, 1.165) is 16.7 Å². The van der Waals surface area contributed by atoms with Crippen LogP contribution in [0.5, 0.6) is 5.06 Å². The Morgan fingerprint density at radius 1 is 1.43 bits per heavy atom. The normalized spacial score (nSPS) is 13.5. The fourth-order valence-corrected chi connectivity index (χ4v) is 4.78. The zero-order valence-electron chi connectivity index (χ0n) is 16.5. The minimum Gasteiger partial charge on any atom is -0.481 e. The number of ether oxygens (including phenoxy) is 1. The molecule has 1 aromatic carbocycles. The van der Waals surface area contributed by atoms with Gasteiger partial charge in [0.1, 0.15) is 18.5 Å². The van der Waals surface area contributed by atoms with Gasteiger partial charge in [-0.1, -0.05) is 17.4 Å². The third-order valence-corrected chi connectivity index (χ3v) is 6.25. The first-order valence-electron chi connectivity index (χ1n) is 9.70. The topological polar surface area (TPSA) is 93.9 Å². The third-order valence-electron chi connectivity index (χ3n) is 5.16. The number of carbonyl (C=O) groups excluding carboxylic acids is 1. The first kappa shape index (κ1) is 20.3. The summed E-state index contributed by atoms with van der Waals surface area (Å²) in [5.74, 6) is -0.414. The lowest BCUT2D eigenvalue weighted by molar-refractivity contribution is 0.0966. The molecular weight excluding hydrogens is 403 g/mol. The number of nitriles is 1. The minimum absolute atomic E-state index is 0.0372. The molecular formula is C22H21FN4O2S. The molecule has 1 aliphatic rings. The minimum atomic E-state index is -0.281. The van der Waals surface area contributed by atoms with E-state index in [1.165, 1.54) is 29.7 Å². The Kier molecular flexibility index (Phi) is 5.66. The zero-order valence-corrected chi connectivity index (χ0v) is 17.3. The number of carbonyl (C=O) groups is 1. The average Bonchev–Trinajstić information content (AvgIpc) is 3.26. The number of aromatic nitrogens is 2. The number of Topliss-reactive ketones (excluding diaryl/α,β-unsaturated/α-hetero) is 1. The number of hydrogen-bond donors (Lipinski definition) is 1. The molecule has 4 rings (SSSR count). The summed E-state index contributed by atoms with van der Waals surface area (Å²) in [6.45, 7) is 3.14. The summed E-state index contributed by atoms with van der Waals surface area (Å²) in [5, 5.41) is 14.3. The second-order valence-corrected chi connectivity index (χ2v) is 8.49. The fourth-order valence-electron chi connectivity index (χ4n) is 3.79. The molecule has 2 N–H and O–H groups in total. The largest absolute Gasteiger partial charge is 0.481 e. The molecule has 0 spiro atoms. The molecule has 154 valence electrons. The summed E-state index contributed by atoms with van der Waals surface area (Å²) in [5.41, 5.74) is 9.46. The van der Waals surface area contributed by atoms with Gasteiger partial charge in [-0.2, -0.15) is 10.4 Å². The summed E-state index contributed by atoms with van der Waals surface area (Å²) in [6, 6.07) is 8.82. The predicted octanol–water partition coefficient (Wildman–Crippen LogP) is 3.71. The molecule has 0 fully saturated rings. The van der Waals surface area contributed by atoms with Crippen molar-refractivity contribution in [3.63, 3.8) is 0 Å². The Morgan fingerprint density at radius 2 is 2.27 bits per heavy atom. The molecule has 1 unspecified atom stereocenters. The SMILES string of the molecule is Cc1cc(F)cc(CC(CN)CC(=O)c2cc3c(s2)OCCn2ncc(C#N)c2-3)c1. The lowest BCUT2D eigenvalue weighted by atomic mass is 9.93. The Hall–Kier alpha value is -3.02. The standard InChI is InChI=1S/C22H21FN4O2S/c1-13-4-14(7-17(23)5-13)6-15(10-24)8-19(28)20-9-18-21-16(11-25)12-26-27(21)2-3-29-22(18)30-20/h4-5,7,9,12,15H,2-3,6,8,10,24H2,1H3. The number of benzene rings is 1. The number of halogens is 1. The van der Waals surface area contributed by atoms with Crippen molar-refractivity contribution in [2.75, 3.05) is 13.2 Å². The van der Waals surface area contributed by atoms with Crippen LogP contribution in [0.15, 0.2) is 30.5 Å². The number of fused-ring (bicyclic) bond motifs is 3. The van der Waals surface area contributed by atoms with E-state index in [9.17, 15) is 14.4 Å². The molecule has 0 amide bonds. The van der Waals surface area contributed by atoms with Crippen LogP contribution in [0.3, 0.4) is 0 Å². The lowest BCUT2D eigenvalue weighted by Crippen LogP contribution is -2.20. The monoisotopic (exact) mass is 424 g/mol. The van der Waals surface area contributed by atoms with E-state index in [1.54, 1.807) is 10.7 Å². The highest BCUT2D eigenvalue weighted by Crippen LogP contribution is 2.41. The first-order chi connectivity index (χ1) is 14.5. The van der Waals surface area contributed by atoms with Crippen LogP contribution in [0.4, 0.5) is 4.39 Å². The second-order valence-electron chi connectivity index (χ2n) is 7.47. The number of nitrogens with zero attached hydrogens (tertiary/aromatic N) is 3. The van der Waals surface area contributed by atoms with Crippen LogP contribution in [0.2, 0.25) is 0 Å². The number of hydrogen-bond acceptors (Lipinski definition) is 6. The van der Waals surface area contributed by atoms with Gasteiger partial charge in [0.25, 0.3) is 0 Å². The molecule has 3 heterocycles. The van der Waals surface area contributed by atoms with E-state index in [4.69, 9.17) is 10.5 Å². The van der Waals surface area contributed by atoms with E-state index >= 15 is 0 Å². The quantitative estimate of drug-likeness (QED) is 0.609. The van der Waals surface area contributed by atoms with Crippen LogP contribution in [0.25, 0.3) is 11.3 Å². The Balaban J connectivity index is 1.56. The Bertz CT molecular complexity index is 1120. The smallest absolute Gasteiger partial charge is 0.184 e. The highest BCUT2D eigenvalue weighted by atomic mass is 32.1. The average molecular weight is 425 g/mol. The first-order valence-corrected chi connectivity index (χ1v) is 10.5. The van der Waals surface area contributed by atoms with E-state index in [-0.39, 0.29) is 23.9 Å². The van der Waals surface area contributed by atoms with Gasteiger partial charge in [-0.3, -0.25) is 9.48 Å². The number of rotatable bonds is 6. The van der Waals surface area contributed by atoms with Gasteiger partial charge in [0, 0.05) is 6.42 Å². The van der Waals surface area contributed by atoms with Crippen molar-refractivity contribution in [1.29, 1.82) is 5.26 Å². The molecule has 0 aliphatic carbocycles. The highest BCUT2D eigenvalue weighted by Gasteiger charge is 2.26. The van der Waals surface area contributed by atoms with E-state index < -0.39 is 0 Å². The van der Waals surface area contributed by atoms with Crippen molar-refractivity contribution in [2.24, 2.45) is 11.7 Å². The maximum Gasteiger partial charge on any atom is 0.184 e. The predicted molar refractivity (Wildman–Crippen MR) is 112 cm³/mol. The number of aryl methyl sites for hydroxylation is 1. The van der Waals surface area contributed by atoms with Crippen molar-refractivity contribution >= 4 is 17.1 Å². The maximum atomic E-state index is 13.7. The molecule has 8 heteroatoms. The Labute approximate surface area is 177 Å². The molecule has 6 nitrogen and oxygen atoms in total. The molecule has 2 aromatic heterocycles. The molecule has 0 saturated heterocycles. The van der Waals surface area contributed by atoms with Gasteiger partial charge in [0.2, 0.25) is 0 Å². The lowest BCUT2D eigenvalue weighted by Gasteiger charge is -2.14. The Morgan fingerprint density at radius 3 is 3.00 bits per heavy atom. The van der Waals surface area contributed by atoms with E-state index in [0.29, 0.717) is 47.3 Å². The van der Waals surface area contributed by atoms with Crippen LogP contribution in [-0.2, 0) is 13.0 Å². The molecule has 30 heavy (non-hydrogen) atoms. The van der Waals surface area contributed by atoms with Crippen molar-refractivity contribution < 1.29 is 13.9 Å². The van der Waals surface area contributed by atoms with Crippen LogP contribution in [0.1, 0.15) is 32.8 Å². The summed E-state index contributed by atoms with van der Waals surface area (Å²) in [4.78, 5) is 13.5. The maximum absolute atomic E-state index is 13.7. The molecule has 0 bridgehead atoms. The van der Waals surface area contributed by atoms with Gasteiger partial charge in [0.05, 0.1) is 34.4 Å². The van der Waals surface area contributed by atoms with Crippen LogP contribution < -0.4 is 10.5 Å². The van der Waals surface area contributed by atoms with Crippen molar-refractivity contribution in [3.05, 3.63) is 57.8 Å². The molecule has 0 radical (unpaired) electrons. The second kappa shape index (κ2) is 8.38. The summed E-state index contributed by atoms with van der Waals surface area (Å²) >= 11 is 1.28. The van der Waals surface area contributed by atoms with Crippen molar-refractivity contribution in [3.8, 4) is 22.4 Å². The molecule has 3 aromatic rings. The summed E-state index contributed by atoms with van der Waals surface area (Å²) in [7, 11) is 0. The van der Waals surface area contributed by atoms with Crippen LogP contribution in [-0.4, -0.2) is 28.7 Å². The highest BCUT2D eigenvalue weighted by molar-refractivity contribution is 7.16. The summed E-state index contributed by atoms with van der Waals surface area (Å²) in [6.07, 6.45) is 2.33. The summed E-state index contributed by atoms with van der Waals surface area (Å²) < 4.78 is 21.2. The van der Waals surface area contributed by atoms with Crippen LogP contribution in [0, 0.1) is 30.0 Å². The zero-order chi connectivity index (χ0) is 21.3. The fraction of sp³-hybridized carbons (Fsp3) is 0.318. The number of thiophene rings is 1. The van der Waals surface area contributed by atoms with Gasteiger partial charge < -0.3 is 10.5 Å². The van der Waals surface area contributed by atoms with Crippen molar-refractivity contribution in [2.45, 2.75) is 26.3 Å². The van der Waals surface area contributed by atoms with E-state index in [2.05, 4.69) is 11.2 Å². The third kappa shape index (κ3) is 3.99. The van der Waals surface area contributed by atoms with Gasteiger partial charge in [0.15, 0.2) is 10.8 Å².